The van der Waals surface area contributed by atoms with Gasteiger partial charge in [-0.2, -0.15) is 0 Å². The number of halogens is 2. The topological polar surface area (TPSA) is 3.24 Å². The quantitative estimate of drug-likeness (QED) is 0.800. The van der Waals surface area contributed by atoms with E-state index in [1.807, 2.05) is 31.3 Å². The molecule has 1 saturated heterocycles. The molecule has 1 aliphatic heterocycles. The molecule has 0 spiro atoms. The fourth-order valence-corrected chi connectivity index (χ4v) is 2.41. The van der Waals surface area contributed by atoms with Crippen LogP contribution in [0.1, 0.15) is 12.0 Å². The van der Waals surface area contributed by atoms with E-state index in [2.05, 4.69) is 20.8 Å². The Bertz CT molecular complexity index is 338. The molecule has 1 nitrogen and oxygen atoms in total. The van der Waals surface area contributed by atoms with Gasteiger partial charge in [0.2, 0.25) is 0 Å². The SMILES string of the molecule is CN1CCC(F)(Cc2ccc(Br)cc2)C1. The van der Waals surface area contributed by atoms with Gasteiger partial charge in [0.15, 0.2) is 0 Å². The summed E-state index contributed by atoms with van der Waals surface area (Å²) in [6.45, 7) is 1.43. The molecule has 1 aliphatic rings. The van der Waals surface area contributed by atoms with Gasteiger partial charge in [-0.15, -0.1) is 0 Å². The van der Waals surface area contributed by atoms with Crippen molar-refractivity contribution in [1.82, 2.24) is 4.90 Å². The van der Waals surface area contributed by atoms with Crippen LogP contribution in [0.25, 0.3) is 0 Å². The molecular formula is C12H15BrFN. The van der Waals surface area contributed by atoms with Crippen molar-refractivity contribution < 1.29 is 4.39 Å². The Morgan fingerprint density at radius 2 is 2.07 bits per heavy atom. The van der Waals surface area contributed by atoms with E-state index in [9.17, 15) is 4.39 Å². The van der Waals surface area contributed by atoms with Crippen molar-refractivity contribution in [2.24, 2.45) is 0 Å². The highest BCUT2D eigenvalue weighted by atomic mass is 79.9. The molecule has 15 heavy (non-hydrogen) atoms. The second kappa shape index (κ2) is 4.22. The number of likely N-dealkylation sites (tertiary alicyclic amines) is 1. The number of alkyl halides is 1. The van der Waals surface area contributed by atoms with Crippen LogP contribution in [0.15, 0.2) is 28.7 Å². The van der Waals surface area contributed by atoms with Gasteiger partial charge in [-0.25, -0.2) is 4.39 Å². The first-order chi connectivity index (χ1) is 7.07. The summed E-state index contributed by atoms with van der Waals surface area (Å²) in [6.07, 6.45) is 1.18. The molecule has 3 heteroatoms. The number of nitrogens with zero attached hydrogens (tertiary/aromatic N) is 1. The Labute approximate surface area is 98.4 Å². The summed E-state index contributed by atoms with van der Waals surface area (Å²) in [6, 6.07) is 7.92. The zero-order chi connectivity index (χ0) is 10.9. The summed E-state index contributed by atoms with van der Waals surface area (Å²) in [5.41, 5.74) is 0.0544. The predicted octanol–water partition coefficient (Wildman–Crippen LogP) is 3.04. The predicted molar refractivity (Wildman–Crippen MR) is 63.8 cm³/mol. The maximum Gasteiger partial charge on any atom is 0.128 e. The third kappa shape index (κ3) is 2.79. The van der Waals surface area contributed by atoms with Gasteiger partial charge in [0.25, 0.3) is 0 Å². The molecule has 1 fully saturated rings. The lowest BCUT2D eigenvalue weighted by Gasteiger charge is -2.19. The van der Waals surface area contributed by atoms with E-state index >= 15 is 0 Å². The summed E-state index contributed by atoms with van der Waals surface area (Å²) in [5, 5.41) is 0. The fraction of sp³-hybridized carbons (Fsp3) is 0.500. The second-order valence-electron chi connectivity index (χ2n) is 4.44. The molecule has 2 rings (SSSR count). The number of benzene rings is 1. The van der Waals surface area contributed by atoms with Gasteiger partial charge in [-0.1, -0.05) is 28.1 Å². The first-order valence-corrected chi connectivity index (χ1v) is 5.99. The molecule has 1 aromatic rings. The number of hydrogen-bond acceptors (Lipinski definition) is 1. The van der Waals surface area contributed by atoms with Crippen molar-refractivity contribution in [3.8, 4) is 0 Å². The maximum atomic E-state index is 14.3. The first-order valence-electron chi connectivity index (χ1n) is 5.19. The third-order valence-corrected chi connectivity index (χ3v) is 3.46. The lowest BCUT2D eigenvalue weighted by atomic mass is 9.96. The van der Waals surface area contributed by atoms with Gasteiger partial charge >= 0.3 is 0 Å². The lowest BCUT2D eigenvalue weighted by Crippen LogP contribution is -2.29. The Hall–Kier alpha value is -0.410. The Kier molecular flexibility index (Phi) is 3.12. The van der Waals surface area contributed by atoms with Gasteiger partial charge in [0.1, 0.15) is 5.67 Å². The van der Waals surface area contributed by atoms with E-state index in [0.717, 1.165) is 16.6 Å². The van der Waals surface area contributed by atoms with Crippen molar-refractivity contribution in [2.75, 3.05) is 20.1 Å². The van der Waals surface area contributed by atoms with Crippen LogP contribution in [0.5, 0.6) is 0 Å². The molecular weight excluding hydrogens is 257 g/mol. The summed E-state index contributed by atoms with van der Waals surface area (Å²) >= 11 is 3.38. The molecule has 1 aromatic carbocycles. The zero-order valence-corrected chi connectivity index (χ0v) is 10.4. The molecule has 0 N–H and O–H groups in total. The highest BCUT2D eigenvalue weighted by Gasteiger charge is 2.36. The summed E-state index contributed by atoms with van der Waals surface area (Å²) in [7, 11) is 1.98. The Morgan fingerprint density at radius 1 is 1.40 bits per heavy atom. The minimum atomic E-state index is -1.03. The number of hydrogen-bond donors (Lipinski definition) is 0. The third-order valence-electron chi connectivity index (χ3n) is 2.93. The average Bonchev–Trinajstić information content (AvgIpc) is 2.50. The molecule has 1 heterocycles. The van der Waals surface area contributed by atoms with Crippen LogP contribution in [0.4, 0.5) is 4.39 Å². The Balaban J connectivity index is 2.05. The van der Waals surface area contributed by atoms with Gasteiger partial charge in [0, 0.05) is 24.0 Å². The summed E-state index contributed by atoms with van der Waals surface area (Å²) in [5.74, 6) is 0. The van der Waals surface area contributed by atoms with Crippen molar-refractivity contribution in [1.29, 1.82) is 0 Å². The minimum Gasteiger partial charge on any atom is -0.303 e. The minimum absolute atomic E-state index is 0.532. The molecule has 0 aliphatic carbocycles. The van der Waals surface area contributed by atoms with Crippen LogP contribution in [-0.2, 0) is 6.42 Å². The molecule has 0 radical (unpaired) electrons. The van der Waals surface area contributed by atoms with Gasteiger partial charge in [-0.3, -0.25) is 0 Å². The standard InChI is InChI=1S/C12H15BrFN/c1-15-7-6-12(14,9-15)8-10-2-4-11(13)5-3-10/h2-5H,6-9H2,1H3. The van der Waals surface area contributed by atoms with Crippen molar-refractivity contribution in [3.63, 3.8) is 0 Å². The molecule has 1 atom stereocenters. The van der Waals surface area contributed by atoms with E-state index < -0.39 is 5.67 Å². The first kappa shape index (κ1) is 11.1. The molecule has 0 aromatic heterocycles. The molecule has 82 valence electrons. The summed E-state index contributed by atoms with van der Waals surface area (Å²) in [4.78, 5) is 2.05. The second-order valence-corrected chi connectivity index (χ2v) is 5.36. The molecule has 0 bridgehead atoms. The zero-order valence-electron chi connectivity index (χ0n) is 8.84. The van der Waals surface area contributed by atoms with E-state index in [4.69, 9.17) is 0 Å². The highest BCUT2D eigenvalue weighted by Crippen LogP contribution is 2.28. The molecule has 0 saturated carbocycles. The van der Waals surface area contributed by atoms with Gasteiger partial charge in [-0.05, 0) is 31.2 Å². The van der Waals surface area contributed by atoms with Crippen LogP contribution in [0, 0.1) is 0 Å². The Morgan fingerprint density at radius 3 is 2.60 bits per heavy atom. The smallest absolute Gasteiger partial charge is 0.128 e. The van der Waals surface area contributed by atoms with Crippen molar-refractivity contribution >= 4 is 15.9 Å². The van der Waals surface area contributed by atoms with Crippen LogP contribution < -0.4 is 0 Å². The lowest BCUT2D eigenvalue weighted by molar-refractivity contribution is 0.173. The van der Waals surface area contributed by atoms with E-state index in [-0.39, 0.29) is 0 Å². The monoisotopic (exact) mass is 271 g/mol. The van der Waals surface area contributed by atoms with Crippen molar-refractivity contribution in [3.05, 3.63) is 34.3 Å². The van der Waals surface area contributed by atoms with Crippen molar-refractivity contribution in [2.45, 2.75) is 18.5 Å². The van der Waals surface area contributed by atoms with Gasteiger partial charge in [0.05, 0.1) is 0 Å². The highest BCUT2D eigenvalue weighted by molar-refractivity contribution is 9.10. The van der Waals surface area contributed by atoms with Crippen LogP contribution in [0.3, 0.4) is 0 Å². The average molecular weight is 272 g/mol. The van der Waals surface area contributed by atoms with Crippen LogP contribution in [0.2, 0.25) is 0 Å². The normalized spacial score (nSPS) is 27.1. The summed E-state index contributed by atoms with van der Waals surface area (Å²) < 4.78 is 15.3. The molecule has 1 unspecified atom stereocenters. The fourth-order valence-electron chi connectivity index (χ4n) is 2.15. The van der Waals surface area contributed by atoms with Crippen LogP contribution >= 0.6 is 15.9 Å². The molecule has 0 amide bonds. The van der Waals surface area contributed by atoms with E-state index in [1.165, 1.54) is 0 Å². The maximum absolute atomic E-state index is 14.3. The number of rotatable bonds is 2. The van der Waals surface area contributed by atoms with E-state index in [1.54, 1.807) is 0 Å². The van der Waals surface area contributed by atoms with Gasteiger partial charge < -0.3 is 4.90 Å². The van der Waals surface area contributed by atoms with Crippen LogP contribution in [-0.4, -0.2) is 30.7 Å². The van der Waals surface area contributed by atoms with E-state index in [0.29, 0.717) is 19.4 Å². The largest absolute Gasteiger partial charge is 0.303 e.